The van der Waals surface area contributed by atoms with E-state index in [1.165, 1.54) is 26.0 Å². The van der Waals surface area contributed by atoms with Crippen LogP contribution in [0.3, 0.4) is 0 Å². The summed E-state index contributed by atoms with van der Waals surface area (Å²) in [6.45, 7) is 21.1. The second-order valence-corrected chi connectivity index (χ2v) is 17.8. The van der Waals surface area contributed by atoms with Crippen LogP contribution >= 0.6 is 0 Å². The van der Waals surface area contributed by atoms with Crippen molar-refractivity contribution in [3.63, 3.8) is 0 Å². The van der Waals surface area contributed by atoms with Crippen molar-refractivity contribution in [2.45, 2.75) is 191 Å². The van der Waals surface area contributed by atoms with Crippen molar-refractivity contribution in [3.05, 3.63) is 6.92 Å². The zero-order valence-electron chi connectivity index (χ0n) is 36.0. The largest absolute Gasteiger partial charge is 0.459 e. The van der Waals surface area contributed by atoms with E-state index < -0.39 is 120 Å². The molecule has 0 saturated carbocycles. The van der Waals surface area contributed by atoms with Gasteiger partial charge in [0.15, 0.2) is 12.6 Å². The molecule has 19 atom stereocenters. The van der Waals surface area contributed by atoms with E-state index in [2.05, 4.69) is 6.92 Å². The monoisotopic (exact) mass is 805 g/mol. The molecule has 0 aromatic heterocycles. The fourth-order valence-corrected chi connectivity index (χ4v) is 9.03. The second-order valence-electron chi connectivity index (χ2n) is 17.8. The van der Waals surface area contributed by atoms with Gasteiger partial charge in [-0.3, -0.25) is 9.59 Å². The zero-order chi connectivity index (χ0) is 42.8. The predicted molar refractivity (Wildman–Crippen MR) is 207 cm³/mol. The van der Waals surface area contributed by atoms with Gasteiger partial charge >= 0.3 is 5.97 Å². The van der Waals surface area contributed by atoms with Gasteiger partial charge < -0.3 is 76.4 Å². The van der Waals surface area contributed by atoms with Crippen LogP contribution in [-0.4, -0.2) is 171 Å². The fraction of sp³-hybridized carbons (Fsp3) is 0.925. The van der Waals surface area contributed by atoms with Crippen molar-refractivity contribution >= 4 is 11.9 Å². The van der Waals surface area contributed by atoms with Gasteiger partial charge in [-0.15, -0.1) is 0 Å². The van der Waals surface area contributed by atoms with Crippen molar-refractivity contribution in [3.8, 4) is 0 Å². The van der Waals surface area contributed by atoms with Crippen molar-refractivity contribution in [1.82, 2.24) is 9.80 Å². The summed E-state index contributed by atoms with van der Waals surface area (Å²) >= 11 is 0. The van der Waals surface area contributed by atoms with Gasteiger partial charge in [0.05, 0.1) is 47.6 Å². The summed E-state index contributed by atoms with van der Waals surface area (Å²) in [5, 5.41) is 58.5. The maximum Gasteiger partial charge on any atom is 0.311 e. The Morgan fingerprint density at radius 2 is 1.64 bits per heavy atom. The summed E-state index contributed by atoms with van der Waals surface area (Å²) < 4.78 is 37.5. The molecule has 0 radical (unpaired) electrons. The van der Waals surface area contributed by atoms with E-state index in [4.69, 9.17) is 34.2 Å². The summed E-state index contributed by atoms with van der Waals surface area (Å²) in [6.07, 6.45) is -9.91. The number of carbonyl (C=O) groups excluding carboxylic acids is 2. The summed E-state index contributed by atoms with van der Waals surface area (Å²) in [4.78, 5) is 30.4. The highest BCUT2D eigenvalue weighted by Crippen LogP contribution is 2.40. The van der Waals surface area contributed by atoms with Crippen molar-refractivity contribution < 1.29 is 63.5 Å². The molecule has 3 heterocycles. The van der Waals surface area contributed by atoms with E-state index in [0.717, 1.165) is 0 Å². The van der Waals surface area contributed by atoms with E-state index in [-0.39, 0.29) is 31.6 Å². The number of ether oxygens (including phenoxy) is 6. The summed E-state index contributed by atoms with van der Waals surface area (Å²) in [5.41, 5.74) is 1.23. The number of nitrogens with two attached hydrogens (primary N) is 1. The average Bonchev–Trinajstić information content (AvgIpc) is 3.12. The number of carbonyl (C=O) groups is 2. The normalized spacial score (nSPS) is 47.3. The molecule has 328 valence electrons. The van der Waals surface area contributed by atoms with E-state index in [9.17, 15) is 35.1 Å². The lowest BCUT2D eigenvalue weighted by Gasteiger charge is -2.49. The lowest BCUT2D eigenvalue weighted by molar-refractivity contribution is -0.317. The van der Waals surface area contributed by atoms with Crippen LogP contribution in [0.2, 0.25) is 0 Å². The Labute approximate surface area is 334 Å². The summed E-state index contributed by atoms with van der Waals surface area (Å²) in [5.74, 6) is -3.37. The van der Waals surface area contributed by atoms with Gasteiger partial charge in [0, 0.05) is 39.1 Å². The number of aliphatic hydroxyl groups is 5. The van der Waals surface area contributed by atoms with Crippen LogP contribution in [0.5, 0.6) is 0 Å². The lowest BCUT2D eigenvalue weighted by Crippen LogP contribution is -2.61. The second kappa shape index (κ2) is 19.2. The summed E-state index contributed by atoms with van der Waals surface area (Å²) in [7, 11) is 4.82. The molecule has 3 fully saturated rings. The first-order valence-electron chi connectivity index (χ1n) is 20.2. The first-order valence-corrected chi connectivity index (χ1v) is 20.2. The Kier molecular flexibility index (Phi) is 16.8. The summed E-state index contributed by atoms with van der Waals surface area (Å²) in [6, 6.07) is -2.40. The molecule has 0 aromatic rings. The molecule has 0 aromatic carbocycles. The highest BCUT2D eigenvalue weighted by molar-refractivity contribution is 5.82. The number of hydrogen-bond donors (Lipinski definition) is 6. The quantitative estimate of drug-likeness (QED) is 0.149. The molecule has 3 aliphatic rings. The van der Waals surface area contributed by atoms with Crippen molar-refractivity contribution in [1.29, 1.82) is 0 Å². The van der Waals surface area contributed by atoms with E-state index in [0.29, 0.717) is 6.54 Å². The highest BCUT2D eigenvalue weighted by Gasteiger charge is 2.53. The highest BCUT2D eigenvalue weighted by atomic mass is 16.7. The van der Waals surface area contributed by atoms with Gasteiger partial charge in [0.1, 0.15) is 30.0 Å². The van der Waals surface area contributed by atoms with E-state index in [1.807, 2.05) is 18.9 Å². The van der Waals surface area contributed by atoms with Crippen LogP contribution < -0.4 is 5.73 Å². The van der Waals surface area contributed by atoms with Gasteiger partial charge in [-0.25, -0.2) is 0 Å². The van der Waals surface area contributed by atoms with Crippen LogP contribution in [0.15, 0.2) is 0 Å². The van der Waals surface area contributed by atoms with Gasteiger partial charge in [-0.05, 0) is 86.7 Å². The minimum Gasteiger partial charge on any atom is -0.459 e. The number of aliphatic hydroxyl groups excluding tert-OH is 3. The molecule has 56 heavy (non-hydrogen) atoms. The van der Waals surface area contributed by atoms with Gasteiger partial charge in [-0.2, -0.15) is 0 Å². The number of esters is 1. The van der Waals surface area contributed by atoms with E-state index >= 15 is 0 Å². The molecule has 3 aliphatic heterocycles. The number of amides is 1. The van der Waals surface area contributed by atoms with Crippen LogP contribution in [0, 0.1) is 24.7 Å². The minimum absolute atomic E-state index is 0.0834. The third kappa shape index (κ3) is 10.8. The Balaban J connectivity index is 2.19. The van der Waals surface area contributed by atoms with Crippen molar-refractivity contribution in [2.24, 2.45) is 23.5 Å². The van der Waals surface area contributed by atoms with Crippen LogP contribution in [-0.2, 0) is 38.0 Å². The Hall–Kier alpha value is -1.54. The topological polar surface area (TPSA) is 223 Å². The third-order valence-electron chi connectivity index (χ3n) is 12.7. The van der Waals surface area contributed by atoms with Gasteiger partial charge in [-0.1, -0.05) is 20.8 Å². The smallest absolute Gasteiger partial charge is 0.311 e. The molecule has 0 aliphatic carbocycles. The lowest BCUT2D eigenvalue weighted by atomic mass is 9.77. The Morgan fingerprint density at radius 1 is 1.04 bits per heavy atom. The number of methoxy groups -OCH3 is 1. The van der Waals surface area contributed by atoms with Gasteiger partial charge in [0.25, 0.3) is 0 Å². The maximum atomic E-state index is 14.3. The number of rotatable bonds is 8. The number of hydrogen-bond acceptors (Lipinski definition) is 15. The number of cyclic esters (lactones) is 1. The maximum absolute atomic E-state index is 14.3. The molecule has 1 amide bonds. The van der Waals surface area contributed by atoms with E-state index in [1.54, 1.807) is 55.4 Å². The molecule has 7 N–H and O–H groups in total. The average molecular weight is 805 g/mol. The molecule has 3 saturated heterocycles. The van der Waals surface area contributed by atoms with Crippen LogP contribution in [0.4, 0.5) is 0 Å². The number of likely N-dealkylation sites (N-methyl/N-ethyl adjacent to an activating group) is 2. The standard InChI is InChI=1S/C40H74N3O13/c1-15-28-40(11,50)32(45)25(7)42(12)19-20(2)17-38(9,49)34(56-37-30(44)27(16-21(3)52-37)43(13)35(47)24(6)41)22(4)31(23(5)36(48)54-28)55-29-18-39(10,51-14)33(46)26(8)53-29/h20-34,37,44-46,49-50H,6,15-19,41H2,1-5,7-14H3/q-1/t20-,21-,22+,23-,24?,25-,26+,27+,28-,29+,30-,31+,32-,33+,34-,37+,38-,39-,40-/m1/s1. The molecular weight excluding hydrogens is 730 g/mol. The first kappa shape index (κ1) is 48.8. The molecule has 0 spiro atoms. The van der Waals surface area contributed by atoms with Gasteiger partial charge in [0.2, 0.25) is 5.91 Å². The molecule has 3 rings (SSSR count). The minimum atomic E-state index is -1.84. The van der Waals surface area contributed by atoms with Crippen LogP contribution in [0.1, 0.15) is 94.9 Å². The Morgan fingerprint density at radius 3 is 2.20 bits per heavy atom. The molecule has 0 bridgehead atoms. The fourth-order valence-electron chi connectivity index (χ4n) is 9.03. The first-order chi connectivity index (χ1) is 25.7. The zero-order valence-corrected chi connectivity index (χ0v) is 36.0. The SMILES string of the molecule is [CH2-]C(N)C(=O)N(C)[C@H]1C[C@@H](C)O[C@@H](O[C@@H]2[C@@H](C)[C@H](O[C@H]3C[C@@](C)(OC)[C@@H](O)[C@H](C)O3)[C@@H](C)C(=O)O[C@H](CC)[C@@](C)(O)[C@H](O)[C@@H](C)N(C)C[C@H](C)C[C@@]2(C)O)[C@@H]1O. The molecule has 16 heteroatoms. The third-order valence-corrected chi connectivity index (χ3v) is 12.7. The molecular formula is C40H74N3O13-. The molecule has 16 nitrogen and oxygen atoms in total. The Bertz CT molecular complexity index is 1290. The number of nitrogens with zero attached hydrogens (tertiary/aromatic N) is 2. The predicted octanol–water partition coefficient (Wildman–Crippen LogP) is 0.959. The van der Waals surface area contributed by atoms with Crippen LogP contribution in [0.25, 0.3) is 0 Å². The van der Waals surface area contributed by atoms with Crippen molar-refractivity contribution in [2.75, 3.05) is 27.7 Å². The molecule has 1 unspecified atom stereocenters.